The van der Waals surface area contributed by atoms with E-state index in [9.17, 15) is 18.0 Å². The van der Waals surface area contributed by atoms with Crippen LogP contribution in [0.25, 0.3) is 0 Å². The van der Waals surface area contributed by atoms with Crippen LogP contribution in [0.1, 0.15) is 61.6 Å². The number of aryl methyl sites for hydroxylation is 1. The molecule has 1 atom stereocenters. The minimum absolute atomic E-state index is 0.184. The molecule has 0 radical (unpaired) electrons. The molecule has 0 spiro atoms. The highest BCUT2D eigenvalue weighted by Crippen LogP contribution is 2.31. The zero-order chi connectivity index (χ0) is 24.8. The number of pyridine rings is 1. The topological polar surface area (TPSA) is 36.4 Å². The first kappa shape index (κ1) is 25.5. The molecule has 1 aromatic heterocycles. The standard InChI is InChI=1S/C28H36F3N3O/c1-21-7-9-26(10-8-21)33-14-11-22(12-15-33)4-2-6-27(35)34-13-3-5-23(20-34)16-24-17-25(19-32-18-24)28(29,30)31/h7-10,17-19,22-23H,2-6,11-16,20H2,1H3/t23-/m1/s1. The molecule has 2 aliphatic rings. The van der Waals surface area contributed by atoms with Gasteiger partial charge < -0.3 is 9.80 Å². The molecular formula is C28H36F3N3O. The van der Waals surface area contributed by atoms with E-state index in [2.05, 4.69) is 41.1 Å². The third-order valence-corrected chi connectivity index (χ3v) is 7.53. The van der Waals surface area contributed by atoms with Crippen molar-refractivity contribution in [2.75, 3.05) is 31.1 Å². The number of amides is 1. The molecule has 7 heteroatoms. The fraction of sp³-hybridized carbons (Fsp3) is 0.571. The number of hydrogen-bond donors (Lipinski definition) is 0. The first-order valence-electron chi connectivity index (χ1n) is 12.9. The molecule has 35 heavy (non-hydrogen) atoms. The summed E-state index contributed by atoms with van der Waals surface area (Å²) in [4.78, 5) is 21.0. The van der Waals surface area contributed by atoms with E-state index in [1.807, 2.05) is 4.90 Å². The van der Waals surface area contributed by atoms with Gasteiger partial charge in [-0.1, -0.05) is 17.7 Å². The Morgan fingerprint density at radius 3 is 2.49 bits per heavy atom. The number of nitrogens with zero attached hydrogens (tertiary/aromatic N) is 3. The molecule has 2 aliphatic heterocycles. The number of hydrogen-bond acceptors (Lipinski definition) is 3. The van der Waals surface area contributed by atoms with Gasteiger partial charge in [0.15, 0.2) is 0 Å². The van der Waals surface area contributed by atoms with Crippen LogP contribution in [-0.2, 0) is 17.4 Å². The lowest BCUT2D eigenvalue weighted by atomic mass is 9.90. The van der Waals surface area contributed by atoms with E-state index in [0.29, 0.717) is 30.9 Å². The maximum Gasteiger partial charge on any atom is 0.417 e. The van der Waals surface area contributed by atoms with E-state index >= 15 is 0 Å². The molecule has 0 saturated carbocycles. The molecule has 4 nitrogen and oxygen atoms in total. The Labute approximate surface area is 206 Å². The lowest BCUT2D eigenvalue weighted by Gasteiger charge is -2.34. The number of benzene rings is 1. The molecule has 190 valence electrons. The molecule has 2 saturated heterocycles. The van der Waals surface area contributed by atoms with Gasteiger partial charge in [0.2, 0.25) is 5.91 Å². The molecule has 0 unspecified atom stereocenters. The summed E-state index contributed by atoms with van der Waals surface area (Å²) in [7, 11) is 0. The summed E-state index contributed by atoms with van der Waals surface area (Å²) in [5.41, 5.74) is 2.46. The molecular weight excluding hydrogens is 451 g/mol. The SMILES string of the molecule is Cc1ccc(N2CCC(CCCC(=O)N3CCC[C@H](Cc4cncc(C(F)(F)F)c4)C3)CC2)cc1. The van der Waals surface area contributed by atoms with Gasteiger partial charge in [0.05, 0.1) is 5.56 Å². The van der Waals surface area contributed by atoms with Gasteiger partial charge in [-0.25, -0.2) is 0 Å². The monoisotopic (exact) mass is 487 g/mol. The van der Waals surface area contributed by atoms with Crippen LogP contribution in [0.15, 0.2) is 42.7 Å². The van der Waals surface area contributed by atoms with Crippen LogP contribution < -0.4 is 4.90 Å². The molecule has 3 heterocycles. The number of rotatable bonds is 7. The van der Waals surface area contributed by atoms with Crippen LogP contribution >= 0.6 is 0 Å². The van der Waals surface area contributed by atoms with Crippen molar-refractivity contribution in [2.24, 2.45) is 11.8 Å². The Bertz CT molecular complexity index is 968. The smallest absolute Gasteiger partial charge is 0.372 e. The minimum atomic E-state index is -4.38. The lowest BCUT2D eigenvalue weighted by molar-refractivity contribution is -0.137. The second kappa shape index (κ2) is 11.4. The van der Waals surface area contributed by atoms with Crippen molar-refractivity contribution in [1.82, 2.24) is 9.88 Å². The van der Waals surface area contributed by atoms with E-state index < -0.39 is 11.7 Å². The number of carbonyl (C=O) groups is 1. The molecule has 0 bridgehead atoms. The second-order valence-electron chi connectivity index (χ2n) is 10.3. The number of halogens is 3. The van der Waals surface area contributed by atoms with Crippen molar-refractivity contribution in [3.05, 3.63) is 59.4 Å². The van der Waals surface area contributed by atoms with E-state index in [-0.39, 0.29) is 11.8 Å². The van der Waals surface area contributed by atoms with Crippen molar-refractivity contribution in [1.29, 1.82) is 0 Å². The van der Waals surface area contributed by atoms with E-state index in [1.165, 1.54) is 36.4 Å². The Kier molecular flexibility index (Phi) is 8.34. The van der Waals surface area contributed by atoms with Gasteiger partial charge in [0.25, 0.3) is 0 Å². The van der Waals surface area contributed by atoms with Gasteiger partial charge in [-0.2, -0.15) is 13.2 Å². The maximum absolute atomic E-state index is 13.0. The van der Waals surface area contributed by atoms with Crippen LogP contribution in [0.5, 0.6) is 0 Å². The first-order valence-corrected chi connectivity index (χ1v) is 12.9. The first-order chi connectivity index (χ1) is 16.8. The molecule has 1 amide bonds. The van der Waals surface area contributed by atoms with Gasteiger partial charge in [-0.3, -0.25) is 9.78 Å². The molecule has 0 N–H and O–H groups in total. The highest BCUT2D eigenvalue weighted by Gasteiger charge is 2.31. The molecule has 2 aromatic rings. The molecule has 0 aliphatic carbocycles. The van der Waals surface area contributed by atoms with E-state index in [4.69, 9.17) is 0 Å². The van der Waals surface area contributed by atoms with Crippen LogP contribution in [0.3, 0.4) is 0 Å². The lowest BCUT2D eigenvalue weighted by Crippen LogP contribution is -2.40. The maximum atomic E-state index is 13.0. The Balaban J connectivity index is 1.18. The predicted octanol–water partition coefficient (Wildman–Crippen LogP) is 6.28. The second-order valence-corrected chi connectivity index (χ2v) is 10.3. The highest BCUT2D eigenvalue weighted by molar-refractivity contribution is 5.76. The fourth-order valence-corrected chi connectivity index (χ4v) is 5.48. The largest absolute Gasteiger partial charge is 0.417 e. The Hall–Kier alpha value is -2.57. The van der Waals surface area contributed by atoms with Crippen molar-refractivity contribution >= 4 is 11.6 Å². The highest BCUT2D eigenvalue weighted by atomic mass is 19.4. The fourth-order valence-electron chi connectivity index (χ4n) is 5.48. The average Bonchev–Trinajstić information content (AvgIpc) is 2.85. The van der Waals surface area contributed by atoms with Gasteiger partial charge in [-0.15, -0.1) is 0 Å². The van der Waals surface area contributed by atoms with Crippen molar-refractivity contribution < 1.29 is 18.0 Å². The number of likely N-dealkylation sites (tertiary alicyclic amines) is 1. The van der Waals surface area contributed by atoms with E-state index in [1.54, 1.807) is 0 Å². The summed E-state index contributed by atoms with van der Waals surface area (Å²) < 4.78 is 38.9. The predicted molar refractivity (Wildman–Crippen MR) is 132 cm³/mol. The van der Waals surface area contributed by atoms with E-state index in [0.717, 1.165) is 51.5 Å². The van der Waals surface area contributed by atoms with Crippen molar-refractivity contribution in [3.63, 3.8) is 0 Å². The minimum Gasteiger partial charge on any atom is -0.372 e. The van der Waals surface area contributed by atoms with Gasteiger partial charge in [0, 0.05) is 50.7 Å². The number of piperidine rings is 2. The zero-order valence-electron chi connectivity index (χ0n) is 20.6. The van der Waals surface area contributed by atoms with Gasteiger partial charge in [-0.05, 0) is 87.5 Å². The average molecular weight is 488 g/mol. The van der Waals surface area contributed by atoms with Crippen LogP contribution in [0.4, 0.5) is 18.9 Å². The summed E-state index contributed by atoms with van der Waals surface area (Å²) in [6.45, 7) is 5.63. The van der Waals surface area contributed by atoms with Crippen LogP contribution in [0, 0.1) is 18.8 Å². The van der Waals surface area contributed by atoms with Crippen LogP contribution in [-0.4, -0.2) is 42.0 Å². The van der Waals surface area contributed by atoms with Gasteiger partial charge in [0.1, 0.15) is 0 Å². The summed E-state index contributed by atoms with van der Waals surface area (Å²) in [6.07, 6.45) is 5.25. The molecule has 4 rings (SSSR count). The summed E-state index contributed by atoms with van der Waals surface area (Å²) in [6, 6.07) is 9.91. The van der Waals surface area contributed by atoms with Crippen LogP contribution in [0.2, 0.25) is 0 Å². The third kappa shape index (κ3) is 7.21. The van der Waals surface area contributed by atoms with Crippen molar-refractivity contribution in [3.8, 4) is 0 Å². The number of aromatic nitrogens is 1. The normalized spacial score (nSPS) is 19.7. The summed E-state index contributed by atoms with van der Waals surface area (Å²) >= 11 is 0. The number of carbonyl (C=O) groups excluding carboxylic acids is 1. The summed E-state index contributed by atoms with van der Waals surface area (Å²) in [5.74, 6) is 1.05. The number of anilines is 1. The summed E-state index contributed by atoms with van der Waals surface area (Å²) in [5, 5.41) is 0. The van der Waals surface area contributed by atoms with Crippen molar-refractivity contribution in [2.45, 2.75) is 64.5 Å². The Morgan fingerprint density at radius 1 is 1.03 bits per heavy atom. The third-order valence-electron chi connectivity index (χ3n) is 7.53. The Morgan fingerprint density at radius 2 is 1.77 bits per heavy atom. The zero-order valence-corrected chi connectivity index (χ0v) is 20.6. The number of alkyl halides is 3. The molecule has 1 aromatic carbocycles. The quantitative estimate of drug-likeness (QED) is 0.461. The van der Waals surface area contributed by atoms with Gasteiger partial charge >= 0.3 is 6.18 Å². The molecule has 2 fully saturated rings.